The molecule has 0 aromatic carbocycles. The van der Waals surface area contributed by atoms with Gasteiger partial charge >= 0.3 is 0 Å². The van der Waals surface area contributed by atoms with Crippen LogP contribution in [0.25, 0.3) is 0 Å². The van der Waals surface area contributed by atoms with Crippen LogP contribution in [-0.2, 0) is 9.53 Å². The summed E-state index contributed by atoms with van der Waals surface area (Å²) in [6, 6.07) is 0. The van der Waals surface area contributed by atoms with Gasteiger partial charge in [-0.25, -0.2) is 0 Å². The van der Waals surface area contributed by atoms with Crippen molar-refractivity contribution in [1.29, 1.82) is 0 Å². The molecule has 0 atom stereocenters. The minimum absolute atomic E-state index is 0.153. The van der Waals surface area contributed by atoms with Gasteiger partial charge in [-0.15, -0.1) is 0 Å². The number of hydrogen-bond donors (Lipinski definition) is 1. The number of carbonyl (C=O) groups excluding carboxylic acids is 1. The molecule has 0 spiro atoms. The molecule has 4 heteroatoms. The molecule has 0 aliphatic carbocycles. The lowest BCUT2D eigenvalue weighted by Crippen LogP contribution is -2.19. The molecule has 0 rings (SSSR count). The first-order valence-corrected chi connectivity index (χ1v) is 5.17. The molecule has 0 fully saturated rings. The van der Waals surface area contributed by atoms with Gasteiger partial charge in [0.15, 0.2) is 5.12 Å². The molecule has 0 heterocycles. The lowest BCUT2D eigenvalue weighted by molar-refractivity contribution is -0.109. The van der Waals surface area contributed by atoms with Gasteiger partial charge in [0.2, 0.25) is 0 Å². The summed E-state index contributed by atoms with van der Waals surface area (Å²) in [5, 5.41) is 3.26. The fraction of sp³-hybridized carbons (Fsp3) is 0.875. The molecule has 0 saturated carbocycles. The molecule has 72 valence electrons. The molecular formula is C8H17NO2S. The summed E-state index contributed by atoms with van der Waals surface area (Å²) in [6.45, 7) is 5.89. The van der Waals surface area contributed by atoms with E-state index < -0.39 is 0 Å². The maximum atomic E-state index is 10.5. The molecule has 12 heavy (non-hydrogen) atoms. The second kappa shape index (κ2) is 9.03. The van der Waals surface area contributed by atoms with E-state index in [4.69, 9.17) is 4.74 Å². The Morgan fingerprint density at radius 2 is 2.33 bits per heavy atom. The van der Waals surface area contributed by atoms with Crippen molar-refractivity contribution in [1.82, 2.24) is 5.32 Å². The Bertz CT molecular complexity index is 120. The van der Waals surface area contributed by atoms with Crippen LogP contribution in [0.4, 0.5) is 0 Å². The highest BCUT2D eigenvalue weighted by Crippen LogP contribution is 1.99. The van der Waals surface area contributed by atoms with Crippen molar-refractivity contribution >= 4 is 16.9 Å². The summed E-state index contributed by atoms with van der Waals surface area (Å²) < 4.78 is 5.20. The zero-order valence-electron chi connectivity index (χ0n) is 7.76. The van der Waals surface area contributed by atoms with Gasteiger partial charge in [-0.3, -0.25) is 10.1 Å². The van der Waals surface area contributed by atoms with E-state index in [1.807, 2.05) is 0 Å². The van der Waals surface area contributed by atoms with E-state index in [2.05, 4.69) is 12.2 Å². The van der Waals surface area contributed by atoms with Gasteiger partial charge in [0.25, 0.3) is 0 Å². The highest BCUT2D eigenvalue weighted by atomic mass is 32.2. The lowest BCUT2D eigenvalue weighted by atomic mass is 10.5. The average Bonchev–Trinajstić information content (AvgIpc) is 2.02. The Hall–Kier alpha value is -0.0600. The number of thioether (sulfide) groups is 1. The van der Waals surface area contributed by atoms with Crippen molar-refractivity contribution < 1.29 is 9.53 Å². The van der Waals surface area contributed by atoms with Crippen molar-refractivity contribution in [2.45, 2.75) is 20.3 Å². The van der Waals surface area contributed by atoms with E-state index in [0.717, 1.165) is 18.7 Å². The van der Waals surface area contributed by atoms with Crippen LogP contribution < -0.4 is 5.32 Å². The van der Waals surface area contributed by atoms with E-state index in [1.165, 1.54) is 11.8 Å². The fourth-order valence-corrected chi connectivity index (χ4v) is 1.13. The Kier molecular flexibility index (Phi) is 8.99. The number of rotatable bonds is 7. The predicted octanol–water partition coefficient (Wildman–Crippen LogP) is 1.24. The number of ether oxygens (including phenoxy) is 1. The van der Waals surface area contributed by atoms with E-state index in [1.54, 1.807) is 6.92 Å². The molecule has 0 aromatic rings. The minimum atomic E-state index is 0.153. The molecule has 3 nitrogen and oxygen atoms in total. The SMILES string of the molecule is CCCNCOCCSC(C)=O. The van der Waals surface area contributed by atoms with E-state index in [0.29, 0.717) is 13.3 Å². The zero-order valence-corrected chi connectivity index (χ0v) is 8.58. The van der Waals surface area contributed by atoms with Crippen LogP contribution in [0.15, 0.2) is 0 Å². The van der Waals surface area contributed by atoms with Gasteiger partial charge in [0.1, 0.15) is 0 Å². The smallest absolute Gasteiger partial charge is 0.185 e. The van der Waals surface area contributed by atoms with Crippen LogP contribution in [0, 0.1) is 0 Å². The highest BCUT2D eigenvalue weighted by Gasteiger charge is 1.92. The molecule has 0 amide bonds. The Morgan fingerprint density at radius 1 is 1.58 bits per heavy atom. The van der Waals surface area contributed by atoms with Crippen molar-refractivity contribution in [2.24, 2.45) is 0 Å². The third kappa shape index (κ3) is 9.94. The van der Waals surface area contributed by atoms with Gasteiger partial charge in [-0.05, 0) is 13.0 Å². The Labute approximate surface area is 78.2 Å². The van der Waals surface area contributed by atoms with Crippen molar-refractivity contribution in [3.8, 4) is 0 Å². The highest BCUT2D eigenvalue weighted by molar-refractivity contribution is 8.13. The topological polar surface area (TPSA) is 38.3 Å². The predicted molar refractivity (Wildman–Crippen MR) is 52.3 cm³/mol. The maximum absolute atomic E-state index is 10.5. The Morgan fingerprint density at radius 3 is 2.92 bits per heavy atom. The van der Waals surface area contributed by atoms with Gasteiger partial charge in [-0.2, -0.15) is 0 Å². The lowest BCUT2D eigenvalue weighted by Gasteiger charge is -2.03. The standard InChI is InChI=1S/C8H17NO2S/c1-3-4-9-7-11-5-6-12-8(2)10/h9H,3-7H2,1-2H3. The van der Waals surface area contributed by atoms with Crippen LogP contribution in [0.3, 0.4) is 0 Å². The summed E-state index contributed by atoms with van der Waals surface area (Å²) in [7, 11) is 0. The molecule has 0 aliphatic heterocycles. The quantitative estimate of drug-likeness (QED) is 0.485. The zero-order chi connectivity index (χ0) is 9.23. The normalized spacial score (nSPS) is 10.2. The van der Waals surface area contributed by atoms with Crippen molar-refractivity contribution in [3.05, 3.63) is 0 Å². The third-order valence-electron chi connectivity index (χ3n) is 1.16. The molecule has 0 aliphatic rings. The summed E-state index contributed by atoms with van der Waals surface area (Å²) in [6.07, 6.45) is 1.12. The van der Waals surface area contributed by atoms with Crippen LogP contribution in [-0.4, -0.2) is 30.8 Å². The van der Waals surface area contributed by atoms with E-state index >= 15 is 0 Å². The molecule has 0 bridgehead atoms. The summed E-state index contributed by atoms with van der Waals surface area (Å²) in [5.41, 5.74) is 0. The number of hydrogen-bond acceptors (Lipinski definition) is 4. The monoisotopic (exact) mass is 191 g/mol. The molecule has 1 N–H and O–H groups in total. The van der Waals surface area contributed by atoms with Crippen LogP contribution in [0.1, 0.15) is 20.3 Å². The third-order valence-corrected chi connectivity index (χ3v) is 1.94. The van der Waals surface area contributed by atoms with E-state index in [9.17, 15) is 4.79 Å². The summed E-state index contributed by atoms with van der Waals surface area (Å²) in [4.78, 5) is 10.5. The first-order valence-electron chi connectivity index (χ1n) is 4.19. The van der Waals surface area contributed by atoms with Gasteiger partial charge in [-0.1, -0.05) is 18.7 Å². The van der Waals surface area contributed by atoms with E-state index in [-0.39, 0.29) is 5.12 Å². The van der Waals surface area contributed by atoms with Gasteiger partial charge < -0.3 is 4.74 Å². The van der Waals surface area contributed by atoms with Gasteiger partial charge in [0.05, 0.1) is 13.3 Å². The minimum Gasteiger partial charge on any atom is -0.365 e. The molecule has 0 saturated heterocycles. The van der Waals surface area contributed by atoms with Crippen molar-refractivity contribution in [3.63, 3.8) is 0 Å². The van der Waals surface area contributed by atoms with Crippen LogP contribution in [0.5, 0.6) is 0 Å². The number of carbonyl (C=O) groups is 1. The number of nitrogens with one attached hydrogen (secondary N) is 1. The Balaban J connectivity index is 2.86. The first-order chi connectivity index (χ1) is 5.77. The largest absolute Gasteiger partial charge is 0.365 e. The first kappa shape index (κ1) is 11.9. The van der Waals surface area contributed by atoms with Crippen molar-refractivity contribution in [2.75, 3.05) is 25.6 Å². The van der Waals surface area contributed by atoms with Crippen LogP contribution in [0.2, 0.25) is 0 Å². The second-order valence-corrected chi connectivity index (χ2v) is 3.66. The second-order valence-electron chi connectivity index (χ2n) is 2.39. The average molecular weight is 191 g/mol. The molecule has 0 aromatic heterocycles. The maximum Gasteiger partial charge on any atom is 0.185 e. The van der Waals surface area contributed by atoms with Crippen LogP contribution >= 0.6 is 11.8 Å². The fourth-order valence-electron chi connectivity index (χ4n) is 0.638. The summed E-state index contributed by atoms with van der Waals surface area (Å²) in [5.74, 6) is 0.753. The molecular weight excluding hydrogens is 174 g/mol. The molecule has 0 radical (unpaired) electrons. The van der Waals surface area contributed by atoms with Gasteiger partial charge in [0, 0.05) is 12.7 Å². The molecule has 0 unspecified atom stereocenters. The summed E-state index contributed by atoms with van der Waals surface area (Å²) >= 11 is 1.30.